The van der Waals surface area contributed by atoms with Crippen molar-refractivity contribution >= 4 is 17.4 Å². The Morgan fingerprint density at radius 1 is 1.23 bits per heavy atom. The third-order valence-corrected chi connectivity index (χ3v) is 5.34. The third-order valence-electron chi connectivity index (χ3n) is 4.54. The second-order valence-corrected chi connectivity index (χ2v) is 7.14. The lowest BCUT2D eigenvalue weighted by molar-refractivity contribution is 0.0604. The van der Waals surface area contributed by atoms with Crippen LogP contribution in [0.1, 0.15) is 47.9 Å². The van der Waals surface area contributed by atoms with Gasteiger partial charge in [-0.2, -0.15) is 4.37 Å². The van der Waals surface area contributed by atoms with E-state index in [2.05, 4.69) is 19.6 Å². The molecule has 134 valence electrons. The molecule has 3 aromatic rings. The molecule has 2 aromatic heterocycles. The largest absolute Gasteiger partial charge is 0.327 e. The average Bonchev–Trinajstić information content (AvgIpc) is 3.24. The minimum Gasteiger partial charge on any atom is -0.327 e. The van der Waals surface area contributed by atoms with E-state index in [1.807, 2.05) is 25.3 Å². The highest BCUT2D eigenvalue weighted by atomic mass is 32.1. The summed E-state index contributed by atoms with van der Waals surface area (Å²) in [7, 11) is 0. The first-order valence-corrected chi connectivity index (χ1v) is 9.05. The topological polar surface area (TPSA) is 76.8 Å². The van der Waals surface area contributed by atoms with Gasteiger partial charge >= 0.3 is 0 Å². The van der Waals surface area contributed by atoms with Crippen LogP contribution in [0.3, 0.4) is 0 Å². The van der Waals surface area contributed by atoms with Gasteiger partial charge in [-0.05, 0) is 56.6 Å². The van der Waals surface area contributed by atoms with Crippen molar-refractivity contribution in [3.05, 3.63) is 47.3 Å². The van der Waals surface area contributed by atoms with Gasteiger partial charge in [0.15, 0.2) is 16.7 Å². The van der Waals surface area contributed by atoms with Gasteiger partial charge in [0.25, 0.3) is 5.91 Å². The summed E-state index contributed by atoms with van der Waals surface area (Å²) >= 11 is 1.29. The predicted molar refractivity (Wildman–Crippen MR) is 94.2 cm³/mol. The lowest BCUT2D eigenvalue weighted by Gasteiger charge is -2.37. The van der Waals surface area contributed by atoms with E-state index in [-0.39, 0.29) is 23.8 Å². The fourth-order valence-electron chi connectivity index (χ4n) is 3.24. The van der Waals surface area contributed by atoms with E-state index in [1.54, 1.807) is 4.90 Å². The minimum atomic E-state index is -0.363. The number of halogens is 1. The van der Waals surface area contributed by atoms with E-state index in [0.717, 1.165) is 5.01 Å². The van der Waals surface area contributed by atoms with Crippen LogP contribution in [0.2, 0.25) is 0 Å². The molecule has 1 aromatic carbocycles. The van der Waals surface area contributed by atoms with Crippen molar-refractivity contribution in [3.63, 3.8) is 0 Å². The van der Waals surface area contributed by atoms with Crippen molar-refractivity contribution < 1.29 is 9.18 Å². The van der Waals surface area contributed by atoms with Crippen LogP contribution >= 0.6 is 11.5 Å². The van der Waals surface area contributed by atoms with Gasteiger partial charge in [-0.1, -0.05) is 0 Å². The van der Waals surface area contributed by atoms with Gasteiger partial charge in [0.1, 0.15) is 11.6 Å². The van der Waals surface area contributed by atoms with Crippen molar-refractivity contribution in [3.8, 4) is 10.8 Å². The van der Waals surface area contributed by atoms with Crippen molar-refractivity contribution in [2.24, 2.45) is 0 Å². The Balaban J connectivity index is 1.69. The molecule has 0 saturated heterocycles. The first-order chi connectivity index (χ1) is 12.5. The van der Waals surface area contributed by atoms with E-state index in [4.69, 9.17) is 0 Å². The zero-order chi connectivity index (χ0) is 18.4. The molecule has 1 aliphatic rings. The first kappa shape index (κ1) is 16.8. The molecule has 0 N–H and O–H groups in total. The summed E-state index contributed by atoms with van der Waals surface area (Å²) in [6.45, 7) is 6.28. The summed E-state index contributed by atoms with van der Waals surface area (Å²) in [4.78, 5) is 19.0. The molecule has 4 rings (SSSR count). The van der Waals surface area contributed by atoms with Crippen molar-refractivity contribution in [2.45, 2.75) is 32.9 Å². The highest BCUT2D eigenvalue weighted by Crippen LogP contribution is 2.34. The molecule has 0 saturated carbocycles. The van der Waals surface area contributed by atoms with Crippen molar-refractivity contribution in [1.29, 1.82) is 0 Å². The summed E-state index contributed by atoms with van der Waals surface area (Å²) < 4.78 is 19.4. The predicted octanol–water partition coefficient (Wildman–Crippen LogP) is 3.02. The lowest BCUT2D eigenvalue weighted by atomic mass is 10.1. The fourth-order valence-corrected chi connectivity index (χ4v) is 3.89. The number of rotatable bonds is 2. The molecule has 1 aliphatic heterocycles. The number of benzene rings is 1. The molecule has 26 heavy (non-hydrogen) atoms. The van der Waals surface area contributed by atoms with Crippen LogP contribution in [0.25, 0.3) is 10.8 Å². The molecule has 1 unspecified atom stereocenters. The Bertz CT molecular complexity index is 966. The molecule has 7 nitrogen and oxygen atoms in total. The van der Waals surface area contributed by atoms with Crippen molar-refractivity contribution in [1.82, 2.24) is 29.0 Å². The minimum absolute atomic E-state index is 0.0141. The van der Waals surface area contributed by atoms with Gasteiger partial charge < -0.3 is 9.47 Å². The number of nitrogens with zero attached hydrogens (tertiary/aromatic N) is 6. The summed E-state index contributed by atoms with van der Waals surface area (Å²) in [6, 6.07) is 5.33. The van der Waals surface area contributed by atoms with Gasteiger partial charge in [-0.3, -0.25) is 4.79 Å². The molecule has 1 amide bonds. The van der Waals surface area contributed by atoms with E-state index in [9.17, 15) is 9.18 Å². The van der Waals surface area contributed by atoms with Gasteiger partial charge in [-0.25, -0.2) is 9.37 Å². The highest BCUT2D eigenvalue weighted by Gasteiger charge is 2.36. The average molecular weight is 372 g/mol. The summed E-state index contributed by atoms with van der Waals surface area (Å²) in [5.74, 6) is 1.58. The van der Waals surface area contributed by atoms with Crippen LogP contribution in [0.15, 0.2) is 24.3 Å². The highest BCUT2D eigenvalue weighted by molar-refractivity contribution is 7.09. The third kappa shape index (κ3) is 2.68. The van der Waals surface area contributed by atoms with Gasteiger partial charge in [0, 0.05) is 12.1 Å². The maximum absolute atomic E-state index is 13.1. The lowest BCUT2D eigenvalue weighted by Crippen LogP contribution is -2.43. The van der Waals surface area contributed by atoms with Crippen LogP contribution in [-0.4, -0.2) is 41.5 Å². The Morgan fingerprint density at radius 2 is 1.96 bits per heavy atom. The Labute approximate surface area is 153 Å². The van der Waals surface area contributed by atoms with Crippen LogP contribution in [0.5, 0.6) is 0 Å². The number of amides is 1. The SMILES string of the molecule is Cc1nsc(-c2nnc3n2C(C)CN(C(=O)c2ccc(F)cc2)[C@@H]3C)n1. The van der Waals surface area contributed by atoms with Gasteiger partial charge in [-0.15, -0.1) is 10.2 Å². The summed E-state index contributed by atoms with van der Waals surface area (Å²) in [6.07, 6.45) is 0. The second kappa shape index (κ2) is 6.24. The number of hydrogen-bond acceptors (Lipinski definition) is 6. The monoisotopic (exact) mass is 372 g/mol. The molecule has 9 heteroatoms. The van der Waals surface area contributed by atoms with Gasteiger partial charge in [0.05, 0.1) is 12.1 Å². The Morgan fingerprint density at radius 3 is 2.62 bits per heavy atom. The molecule has 0 bridgehead atoms. The molecule has 3 heterocycles. The number of carbonyl (C=O) groups excluding carboxylic acids is 1. The van der Waals surface area contributed by atoms with E-state index in [0.29, 0.717) is 29.6 Å². The smallest absolute Gasteiger partial charge is 0.254 e. The second-order valence-electron chi connectivity index (χ2n) is 6.39. The molecular formula is C17H17FN6OS. The van der Waals surface area contributed by atoms with E-state index < -0.39 is 0 Å². The molecular weight excluding hydrogens is 355 g/mol. The quantitative estimate of drug-likeness (QED) is 0.691. The molecule has 2 atom stereocenters. The maximum atomic E-state index is 13.1. The number of carbonyl (C=O) groups is 1. The van der Waals surface area contributed by atoms with Crippen LogP contribution in [0, 0.1) is 12.7 Å². The van der Waals surface area contributed by atoms with Crippen molar-refractivity contribution in [2.75, 3.05) is 6.54 Å². The number of aromatic nitrogens is 5. The van der Waals surface area contributed by atoms with E-state index in [1.165, 1.54) is 35.8 Å². The standard InChI is InChI=1S/C17H17FN6OS/c1-9-8-23(17(25)12-4-6-13(18)7-5-12)10(2)14-20-21-15(24(9)14)16-19-11(3)22-26-16/h4-7,9-10H,8H2,1-3H3/t9?,10-/m1/s1. The number of aryl methyl sites for hydroxylation is 1. The molecule has 0 radical (unpaired) electrons. The van der Waals surface area contributed by atoms with Crippen LogP contribution < -0.4 is 0 Å². The fraction of sp³-hybridized carbons (Fsp3) is 0.353. The van der Waals surface area contributed by atoms with Crippen LogP contribution in [-0.2, 0) is 0 Å². The molecule has 0 aliphatic carbocycles. The number of fused-ring (bicyclic) bond motifs is 1. The Hall–Kier alpha value is -2.68. The van der Waals surface area contributed by atoms with Gasteiger partial charge in [0.2, 0.25) is 0 Å². The zero-order valence-electron chi connectivity index (χ0n) is 14.5. The molecule has 0 spiro atoms. The summed E-state index contributed by atoms with van der Waals surface area (Å²) in [5, 5.41) is 9.33. The normalized spacial score (nSPS) is 19.5. The molecule has 0 fully saturated rings. The van der Waals surface area contributed by atoms with Crippen LogP contribution in [0.4, 0.5) is 4.39 Å². The zero-order valence-corrected chi connectivity index (χ0v) is 15.4. The van der Waals surface area contributed by atoms with E-state index >= 15 is 0 Å². The number of hydrogen-bond donors (Lipinski definition) is 0. The summed E-state index contributed by atoms with van der Waals surface area (Å²) in [5.41, 5.74) is 0.457. The Kier molecular flexibility index (Phi) is 4.03. The maximum Gasteiger partial charge on any atom is 0.254 e. The first-order valence-electron chi connectivity index (χ1n) is 8.27.